The first kappa shape index (κ1) is 12.0. The van der Waals surface area contributed by atoms with Gasteiger partial charge in [-0.25, -0.2) is 15.0 Å². The number of rotatable bonds is 3. The Hall–Kier alpha value is -3.09. The molecule has 0 amide bonds. The number of non-ortho nitro benzene ring substituents is 1. The van der Waals surface area contributed by atoms with Crippen molar-refractivity contribution < 1.29 is 4.92 Å². The molecule has 7 heteroatoms. The van der Waals surface area contributed by atoms with Crippen LogP contribution in [0.4, 0.5) is 17.2 Å². The third kappa shape index (κ3) is 2.24. The Morgan fingerprint density at radius 2 is 2.00 bits per heavy atom. The molecular formula is C13H9N5O2. The quantitative estimate of drug-likeness (QED) is 0.579. The number of fused-ring (bicyclic) bond motifs is 1. The number of hydrogen-bond donors (Lipinski definition) is 1. The van der Waals surface area contributed by atoms with Crippen molar-refractivity contribution >= 4 is 28.2 Å². The normalized spacial score (nSPS) is 10.4. The summed E-state index contributed by atoms with van der Waals surface area (Å²) in [5, 5.41) is 14.6. The Morgan fingerprint density at radius 1 is 1.10 bits per heavy atom. The van der Waals surface area contributed by atoms with Gasteiger partial charge in [0.2, 0.25) is 0 Å². The number of nitro groups is 1. The van der Waals surface area contributed by atoms with Gasteiger partial charge in [0.15, 0.2) is 5.65 Å². The Balaban J connectivity index is 2.01. The lowest BCUT2D eigenvalue weighted by molar-refractivity contribution is -0.384. The van der Waals surface area contributed by atoms with Crippen LogP contribution in [0.5, 0.6) is 0 Å². The van der Waals surface area contributed by atoms with Crippen LogP contribution in [0.3, 0.4) is 0 Å². The van der Waals surface area contributed by atoms with Crippen molar-refractivity contribution in [3.05, 3.63) is 59.0 Å². The summed E-state index contributed by atoms with van der Waals surface area (Å²) in [6.45, 7) is 0. The van der Waals surface area contributed by atoms with Gasteiger partial charge in [-0.3, -0.25) is 10.1 Å². The molecule has 20 heavy (non-hydrogen) atoms. The van der Waals surface area contributed by atoms with Gasteiger partial charge in [-0.15, -0.1) is 0 Å². The van der Waals surface area contributed by atoms with Crippen molar-refractivity contribution in [2.75, 3.05) is 5.32 Å². The van der Waals surface area contributed by atoms with Crippen molar-refractivity contribution in [3.63, 3.8) is 0 Å². The topological polar surface area (TPSA) is 93.8 Å². The van der Waals surface area contributed by atoms with E-state index < -0.39 is 4.92 Å². The maximum absolute atomic E-state index is 10.8. The van der Waals surface area contributed by atoms with Crippen LogP contribution in [0.25, 0.3) is 11.0 Å². The molecule has 0 radical (unpaired) electrons. The molecule has 3 aromatic rings. The highest BCUT2D eigenvalue weighted by Crippen LogP contribution is 2.23. The SMILES string of the molecule is O=[N+]([O-])c1cccc(Nc2ncnc3ncccc23)c1. The average molecular weight is 267 g/mol. The van der Waals surface area contributed by atoms with Gasteiger partial charge in [-0.05, 0) is 18.2 Å². The maximum atomic E-state index is 10.8. The van der Waals surface area contributed by atoms with Gasteiger partial charge >= 0.3 is 0 Å². The molecule has 2 aromatic heterocycles. The molecule has 0 aliphatic rings. The van der Waals surface area contributed by atoms with E-state index in [-0.39, 0.29) is 5.69 Å². The zero-order chi connectivity index (χ0) is 13.9. The first-order valence-electron chi connectivity index (χ1n) is 5.81. The summed E-state index contributed by atoms with van der Waals surface area (Å²) in [6, 6.07) is 9.85. The molecule has 0 aliphatic carbocycles. The molecule has 7 nitrogen and oxygen atoms in total. The third-order valence-electron chi connectivity index (χ3n) is 2.73. The first-order chi connectivity index (χ1) is 9.74. The van der Waals surface area contributed by atoms with Gasteiger partial charge in [-0.1, -0.05) is 6.07 Å². The van der Waals surface area contributed by atoms with Crippen molar-refractivity contribution in [1.82, 2.24) is 15.0 Å². The fraction of sp³-hybridized carbons (Fsp3) is 0. The van der Waals surface area contributed by atoms with Gasteiger partial charge in [0.05, 0.1) is 10.3 Å². The molecule has 0 bridgehead atoms. The average Bonchev–Trinajstić information content (AvgIpc) is 2.48. The number of nitrogens with zero attached hydrogens (tertiary/aromatic N) is 4. The summed E-state index contributed by atoms with van der Waals surface area (Å²) in [5.74, 6) is 0.559. The van der Waals surface area contributed by atoms with Crippen LogP contribution in [0, 0.1) is 10.1 Å². The van der Waals surface area contributed by atoms with Crippen LogP contribution in [0.2, 0.25) is 0 Å². The van der Waals surface area contributed by atoms with Crippen LogP contribution in [0.1, 0.15) is 0 Å². The predicted octanol–water partition coefficient (Wildman–Crippen LogP) is 2.68. The fourth-order valence-corrected chi connectivity index (χ4v) is 1.83. The smallest absolute Gasteiger partial charge is 0.271 e. The fourth-order valence-electron chi connectivity index (χ4n) is 1.83. The van der Waals surface area contributed by atoms with Crippen LogP contribution >= 0.6 is 0 Å². The van der Waals surface area contributed by atoms with Crippen molar-refractivity contribution in [3.8, 4) is 0 Å². The highest BCUT2D eigenvalue weighted by Gasteiger charge is 2.08. The van der Waals surface area contributed by atoms with Crippen LogP contribution in [-0.2, 0) is 0 Å². The zero-order valence-electron chi connectivity index (χ0n) is 10.2. The first-order valence-corrected chi connectivity index (χ1v) is 5.81. The Morgan fingerprint density at radius 3 is 2.85 bits per heavy atom. The largest absolute Gasteiger partial charge is 0.339 e. The molecule has 1 N–H and O–H groups in total. The number of aromatic nitrogens is 3. The third-order valence-corrected chi connectivity index (χ3v) is 2.73. The number of hydrogen-bond acceptors (Lipinski definition) is 6. The monoisotopic (exact) mass is 267 g/mol. The number of benzene rings is 1. The molecule has 0 saturated carbocycles. The van der Waals surface area contributed by atoms with E-state index in [0.717, 1.165) is 5.39 Å². The van der Waals surface area contributed by atoms with Crippen LogP contribution < -0.4 is 5.32 Å². The molecule has 98 valence electrons. The summed E-state index contributed by atoms with van der Waals surface area (Å²) in [7, 11) is 0. The molecular weight excluding hydrogens is 258 g/mol. The van der Waals surface area contributed by atoms with Gasteiger partial charge in [0.1, 0.15) is 12.1 Å². The second-order valence-electron chi connectivity index (χ2n) is 4.03. The molecule has 3 rings (SSSR count). The van der Waals surface area contributed by atoms with Gasteiger partial charge in [0, 0.05) is 24.0 Å². The number of pyridine rings is 1. The predicted molar refractivity (Wildman–Crippen MR) is 73.7 cm³/mol. The van der Waals surface area contributed by atoms with E-state index in [4.69, 9.17) is 0 Å². The molecule has 0 aliphatic heterocycles. The molecule has 0 saturated heterocycles. The standard InChI is InChI=1S/C13H9N5O2/c19-18(20)10-4-1-3-9(7-10)17-13-11-5-2-6-14-12(11)15-8-16-13/h1-8H,(H,14,15,16,17). The van der Waals surface area contributed by atoms with Crippen molar-refractivity contribution in [1.29, 1.82) is 0 Å². The Kier molecular flexibility index (Phi) is 2.92. The lowest BCUT2D eigenvalue weighted by atomic mass is 10.2. The highest BCUT2D eigenvalue weighted by atomic mass is 16.6. The summed E-state index contributed by atoms with van der Waals surface area (Å²) >= 11 is 0. The van der Waals surface area contributed by atoms with E-state index in [1.54, 1.807) is 24.4 Å². The number of anilines is 2. The van der Waals surface area contributed by atoms with E-state index in [0.29, 0.717) is 17.2 Å². The summed E-state index contributed by atoms with van der Waals surface area (Å²) in [4.78, 5) is 22.7. The summed E-state index contributed by atoms with van der Waals surface area (Å²) < 4.78 is 0. The molecule has 2 heterocycles. The number of nitro benzene ring substituents is 1. The second-order valence-corrected chi connectivity index (χ2v) is 4.03. The minimum absolute atomic E-state index is 0.0199. The van der Waals surface area contributed by atoms with Gasteiger partial charge in [-0.2, -0.15) is 0 Å². The van der Waals surface area contributed by atoms with E-state index in [1.807, 2.05) is 6.07 Å². The second kappa shape index (κ2) is 4.88. The Labute approximate surface area is 113 Å². The van der Waals surface area contributed by atoms with E-state index in [1.165, 1.54) is 18.5 Å². The zero-order valence-corrected chi connectivity index (χ0v) is 10.2. The lowest BCUT2D eigenvalue weighted by Gasteiger charge is -2.07. The molecule has 0 fully saturated rings. The highest BCUT2D eigenvalue weighted by molar-refractivity contribution is 5.88. The van der Waals surface area contributed by atoms with E-state index in [9.17, 15) is 10.1 Å². The minimum atomic E-state index is -0.440. The molecule has 0 atom stereocenters. The Bertz CT molecular complexity index is 785. The summed E-state index contributed by atoms with van der Waals surface area (Å²) in [5.41, 5.74) is 1.17. The van der Waals surface area contributed by atoms with Crippen LogP contribution in [-0.4, -0.2) is 19.9 Å². The van der Waals surface area contributed by atoms with E-state index in [2.05, 4.69) is 20.3 Å². The van der Waals surface area contributed by atoms with Gasteiger partial charge in [0.25, 0.3) is 5.69 Å². The number of nitrogens with one attached hydrogen (secondary N) is 1. The van der Waals surface area contributed by atoms with Crippen molar-refractivity contribution in [2.45, 2.75) is 0 Å². The van der Waals surface area contributed by atoms with Gasteiger partial charge < -0.3 is 5.32 Å². The summed E-state index contributed by atoms with van der Waals surface area (Å²) in [6.07, 6.45) is 3.04. The minimum Gasteiger partial charge on any atom is -0.339 e. The molecule has 1 aromatic carbocycles. The van der Waals surface area contributed by atoms with Crippen molar-refractivity contribution in [2.24, 2.45) is 0 Å². The lowest BCUT2D eigenvalue weighted by Crippen LogP contribution is -1.97. The maximum Gasteiger partial charge on any atom is 0.271 e. The van der Waals surface area contributed by atoms with Crippen LogP contribution in [0.15, 0.2) is 48.9 Å². The molecule has 0 spiro atoms. The molecule has 0 unspecified atom stereocenters. The van der Waals surface area contributed by atoms with E-state index >= 15 is 0 Å².